The Labute approximate surface area is 119 Å². The van der Waals surface area contributed by atoms with E-state index in [4.69, 9.17) is 9.26 Å². The Balaban J connectivity index is 1.98. The van der Waals surface area contributed by atoms with Crippen LogP contribution in [0.5, 0.6) is 5.75 Å². The molecule has 0 atom stereocenters. The third kappa shape index (κ3) is 3.81. The Morgan fingerprint density at radius 2 is 2.10 bits per heavy atom. The van der Waals surface area contributed by atoms with Crippen LogP contribution in [0.2, 0.25) is 0 Å². The highest BCUT2D eigenvalue weighted by Gasteiger charge is 2.20. The Morgan fingerprint density at radius 1 is 1.30 bits per heavy atom. The van der Waals surface area contributed by atoms with Gasteiger partial charge in [-0.2, -0.15) is 4.98 Å². The lowest BCUT2D eigenvalue weighted by molar-refractivity contribution is 0.241. The van der Waals surface area contributed by atoms with Crippen molar-refractivity contribution in [2.24, 2.45) is 0 Å². The molecule has 1 aromatic carbocycles. The highest BCUT2D eigenvalue weighted by Crippen LogP contribution is 2.19. The number of aromatic nitrogens is 2. The van der Waals surface area contributed by atoms with E-state index in [1.165, 1.54) is 5.56 Å². The summed E-state index contributed by atoms with van der Waals surface area (Å²) in [6.07, 6.45) is 0. The van der Waals surface area contributed by atoms with Gasteiger partial charge in [0, 0.05) is 12.0 Å². The maximum atomic E-state index is 5.68. The summed E-state index contributed by atoms with van der Waals surface area (Å²) in [7, 11) is 1.92. The third-order valence-electron chi connectivity index (χ3n) is 2.78. The van der Waals surface area contributed by atoms with Gasteiger partial charge >= 0.3 is 0 Å². The molecule has 0 aliphatic carbocycles. The van der Waals surface area contributed by atoms with Crippen molar-refractivity contribution in [2.75, 3.05) is 7.05 Å². The molecule has 0 spiro atoms. The number of hydrogen-bond donors (Lipinski definition) is 1. The zero-order valence-corrected chi connectivity index (χ0v) is 12.4. The van der Waals surface area contributed by atoms with E-state index in [2.05, 4.69) is 15.5 Å². The van der Waals surface area contributed by atoms with Gasteiger partial charge in [-0.05, 0) is 24.7 Å². The molecule has 0 aliphatic rings. The molecule has 0 bridgehead atoms. The van der Waals surface area contributed by atoms with E-state index >= 15 is 0 Å². The fraction of sp³-hybridized carbons (Fsp3) is 0.467. The van der Waals surface area contributed by atoms with Gasteiger partial charge < -0.3 is 14.6 Å². The summed E-state index contributed by atoms with van der Waals surface area (Å²) in [5.41, 5.74) is 1.06. The highest BCUT2D eigenvalue weighted by atomic mass is 16.5. The molecule has 2 rings (SSSR count). The Morgan fingerprint density at radius 3 is 2.75 bits per heavy atom. The zero-order valence-electron chi connectivity index (χ0n) is 12.4. The van der Waals surface area contributed by atoms with Crippen LogP contribution in [0.15, 0.2) is 28.8 Å². The first-order valence-electron chi connectivity index (χ1n) is 6.68. The first-order chi connectivity index (χ1) is 9.49. The zero-order chi connectivity index (χ0) is 14.6. The van der Waals surface area contributed by atoms with Crippen molar-refractivity contribution in [1.82, 2.24) is 15.5 Å². The van der Waals surface area contributed by atoms with Crippen molar-refractivity contribution < 1.29 is 9.26 Å². The van der Waals surface area contributed by atoms with Gasteiger partial charge in [0.2, 0.25) is 0 Å². The van der Waals surface area contributed by atoms with Crippen LogP contribution in [0.25, 0.3) is 0 Å². The second-order valence-electron chi connectivity index (χ2n) is 5.73. The molecule has 0 saturated carbocycles. The molecule has 1 heterocycles. The van der Waals surface area contributed by atoms with Crippen molar-refractivity contribution >= 4 is 0 Å². The van der Waals surface area contributed by atoms with Crippen LogP contribution in [-0.2, 0) is 18.6 Å². The predicted molar refractivity (Wildman–Crippen MR) is 76.5 cm³/mol. The maximum absolute atomic E-state index is 5.68. The summed E-state index contributed by atoms with van der Waals surface area (Å²) >= 11 is 0. The van der Waals surface area contributed by atoms with E-state index in [1.54, 1.807) is 0 Å². The van der Waals surface area contributed by atoms with Crippen molar-refractivity contribution in [3.05, 3.63) is 41.5 Å². The lowest BCUT2D eigenvalue weighted by Crippen LogP contribution is -2.13. The van der Waals surface area contributed by atoms with Gasteiger partial charge in [0.15, 0.2) is 12.4 Å². The van der Waals surface area contributed by atoms with E-state index in [-0.39, 0.29) is 12.0 Å². The number of nitrogens with zero attached hydrogens (tertiary/aromatic N) is 2. The number of nitrogens with one attached hydrogen (secondary N) is 1. The van der Waals surface area contributed by atoms with Crippen molar-refractivity contribution in [1.29, 1.82) is 0 Å². The van der Waals surface area contributed by atoms with Crippen LogP contribution in [0, 0.1) is 0 Å². The van der Waals surface area contributed by atoms with Gasteiger partial charge in [-0.3, -0.25) is 0 Å². The van der Waals surface area contributed by atoms with Crippen LogP contribution < -0.4 is 10.1 Å². The molecule has 1 aromatic heterocycles. The number of rotatable bonds is 5. The Bertz CT molecular complexity index is 558. The van der Waals surface area contributed by atoms with Gasteiger partial charge in [0.25, 0.3) is 5.89 Å². The minimum Gasteiger partial charge on any atom is -0.484 e. The largest absolute Gasteiger partial charge is 0.484 e. The monoisotopic (exact) mass is 275 g/mol. The second-order valence-corrected chi connectivity index (χ2v) is 5.73. The molecule has 1 N–H and O–H groups in total. The third-order valence-corrected chi connectivity index (χ3v) is 2.78. The molecule has 0 aliphatic heterocycles. The van der Waals surface area contributed by atoms with Crippen LogP contribution in [0.1, 0.15) is 38.0 Å². The molecular formula is C15H21N3O2. The van der Waals surface area contributed by atoms with Gasteiger partial charge in [-0.15, -0.1) is 0 Å². The number of hydrogen-bond acceptors (Lipinski definition) is 5. The number of benzene rings is 1. The predicted octanol–water partition coefficient (Wildman–Crippen LogP) is 2.67. The molecule has 0 fully saturated rings. The topological polar surface area (TPSA) is 60.2 Å². The Hall–Kier alpha value is -1.88. The molecule has 108 valence electrons. The second kappa shape index (κ2) is 6.05. The van der Waals surface area contributed by atoms with E-state index in [9.17, 15) is 0 Å². The molecule has 0 radical (unpaired) electrons. The standard InChI is InChI=1S/C15H21N3O2/c1-15(2,3)14-17-13(20-18-14)10-19-12-7-5-6-11(8-12)9-16-4/h5-8,16H,9-10H2,1-4H3. The molecule has 5 nitrogen and oxygen atoms in total. The minimum atomic E-state index is -0.117. The van der Waals surface area contributed by atoms with E-state index in [0.29, 0.717) is 11.7 Å². The van der Waals surface area contributed by atoms with Gasteiger partial charge in [-0.1, -0.05) is 38.1 Å². The van der Waals surface area contributed by atoms with Gasteiger partial charge in [0.05, 0.1) is 0 Å². The average molecular weight is 275 g/mol. The normalized spacial score (nSPS) is 11.6. The lowest BCUT2D eigenvalue weighted by atomic mass is 9.96. The first-order valence-corrected chi connectivity index (χ1v) is 6.68. The fourth-order valence-corrected chi connectivity index (χ4v) is 1.71. The van der Waals surface area contributed by atoms with Crippen LogP contribution >= 0.6 is 0 Å². The Kier molecular flexibility index (Phi) is 4.39. The van der Waals surface area contributed by atoms with Crippen LogP contribution in [-0.4, -0.2) is 17.2 Å². The van der Waals surface area contributed by atoms with Crippen molar-refractivity contribution in [3.63, 3.8) is 0 Å². The fourth-order valence-electron chi connectivity index (χ4n) is 1.71. The summed E-state index contributed by atoms with van der Waals surface area (Å²) in [5.74, 6) is 1.99. The summed E-state index contributed by atoms with van der Waals surface area (Å²) in [6, 6.07) is 7.93. The van der Waals surface area contributed by atoms with Crippen LogP contribution in [0.4, 0.5) is 0 Å². The van der Waals surface area contributed by atoms with Gasteiger partial charge in [0.1, 0.15) is 5.75 Å². The molecule has 0 amide bonds. The lowest BCUT2D eigenvalue weighted by Gasteiger charge is -2.10. The van der Waals surface area contributed by atoms with E-state index in [1.807, 2.05) is 52.1 Å². The molecule has 0 saturated heterocycles. The summed E-state index contributed by atoms with van der Waals surface area (Å²) < 4.78 is 10.9. The number of ether oxygens (including phenoxy) is 1. The summed E-state index contributed by atoms with van der Waals surface area (Å²) in [4.78, 5) is 4.34. The maximum Gasteiger partial charge on any atom is 0.264 e. The smallest absolute Gasteiger partial charge is 0.264 e. The average Bonchev–Trinajstić information content (AvgIpc) is 2.86. The van der Waals surface area contributed by atoms with E-state index in [0.717, 1.165) is 12.3 Å². The first kappa shape index (κ1) is 14.5. The molecule has 20 heavy (non-hydrogen) atoms. The molecule has 5 heteroatoms. The quantitative estimate of drug-likeness (QED) is 0.909. The molecule has 2 aromatic rings. The summed E-state index contributed by atoms with van der Waals surface area (Å²) in [5, 5.41) is 7.08. The summed E-state index contributed by atoms with van der Waals surface area (Å²) in [6.45, 7) is 7.23. The van der Waals surface area contributed by atoms with Crippen molar-refractivity contribution in [2.45, 2.75) is 39.3 Å². The molecular weight excluding hydrogens is 254 g/mol. The van der Waals surface area contributed by atoms with E-state index < -0.39 is 0 Å². The van der Waals surface area contributed by atoms with Crippen molar-refractivity contribution in [3.8, 4) is 5.75 Å². The van der Waals surface area contributed by atoms with Crippen LogP contribution in [0.3, 0.4) is 0 Å². The molecule has 0 unspecified atom stereocenters. The minimum absolute atomic E-state index is 0.117. The highest BCUT2D eigenvalue weighted by molar-refractivity contribution is 5.28. The SMILES string of the molecule is CNCc1cccc(OCc2nc(C(C)(C)C)no2)c1. The van der Waals surface area contributed by atoms with Gasteiger partial charge in [-0.25, -0.2) is 0 Å².